The number of hydrogen-bond acceptors (Lipinski definition) is 5. The molecule has 1 unspecified atom stereocenters. The molecule has 120 valence electrons. The van der Waals surface area contributed by atoms with Gasteiger partial charge in [-0.2, -0.15) is 0 Å². The smallest absolute Gasteiger partial charge is 0.134 e. The van der Waals surface area contributed by atoms with Crippen molar-refractivity contribution in [3.8, 4) is 0 Å². The summed E-state index contributed by atoms with van der Waals surface area (Å²) in [6.07, 6.45) is 3.04. The van der Waals surface area contributed by atoms with Gasteiger partial charge in [-0.15, -0.1) is 0 Å². The van der Waals surface area contributed by atoms with E-state index in [0.717, 1.165) is 49.8 Å². The van der Waals surface area contributed by atoms with Crippen LogP contribution in [0.4, 0.5) is 11.6 Å². The largest absolute Gasteiger partial charge is 0.383 e. The number of aromatic nitrogens is 2. The van der Waals surface area contributed by atoms with Gasteiger partial charge in [0.2, 0.25) is 0 Å². The zero-order valence-electron chi connectivity index (χ0n) is 14.1. The average Bonchev–Trinajstić information content (AvgIpc) is 2.46. The Morgan fingerprint density at radius 1 is 1.24 bits per heavy atom. The van der Waals surface area contributed by atoms with E-state index in [1.54, 1.807) is 7.11 Å². The molecule has 1 N–H and O–H groups in total. The second-order valence-electron chi connectivity index (χ2n) is 5.29. The Labute approximate surface area is 129 Å². The van der Waals surface area contributed by atoms with E-state index in [2.05, 4.69) is 42.9 Å². The van der Waals surface area contributed by atoms with Gasteiger partial charge in [-0.3, -0.25) is 0 Å². The fourth-order valence-electron chi connectivity index (χ4n) is 2.34. The summed E-state index contributed by atoms with van der Waals surface area (Å²) in [5.41, 5.74) is 0. The summed E-state index contributed by atoms with van der Waals surface area (Å²) in [6, 6.07) is 2.34. The van der Waals surface area contributed by atoms with Crippen molar-refractivity contribution < 1.29 is 4.74 Å². The van der Waals surface area contributed by atoms with Crippen molar-refractivity contribution in [2.75, 3.05) is 37.0 Å². The van der Waals surface area contributed by atoms with E-state index < -0.39 is 0 Å². The van der Waals surface area contributed by atoms with E-state index >= 15 is 0 Å². The summed E-state index contributed by atoms with van der Waals surface area (Å²) in [6.45, 7) is 11.1. The molecule has 0 aliphatic rings. The number of nitrogens with one attached hydrogen (secondary N) is 1. The van der Waals surface area contributed by atoms with Crippen LogP contribution in [0.25, 0.3) is 0 Å². The third kappa shape index (κ3) is 5.50. The lowest BCUT2D eigenvalue weighted by atomic mass is 10.2. The highest BCUT2D eigenvalue weighted by atomic mass is 16.5. The van der Waals surface area contributed by atoms with Crippen molar-refractivity contribution in [1.29, 1.82) is 0 Å². The van der Waals surface area contributed by atoms with E-state index in [-0.39, 0.29) is 0 Å². The van der Waals surface area contributed by atoms with Gasteiger partial charge in [0.15, 0.2) is 0 Å². The maximum absolute atomic E-state index is 5.28. The Hall–Kier alpha value is -1.36. The first-order chi connectivity index (χ1) is 10.2. The van der Waals surface area contributed by atoms with E-state index in [9.17, 15) is 0 Å². The van der Waals surface area contributed by atoms with E-state index in [1.165, 1.54) is 0 Å². The Bertz CT molecular complexity index is 411. The molecule has 0 saturated heterocycles. The van der Waals surface area contributed by atoms with Crippen LogP contribution in [0.1, 0.15) is 46.4 Å². The maximum atomic E-state index is 5.28. The zero-order valence-corrected chi connectivity index (χ0v) is 14.1. The molecule has 0 radical (unpaired) electrons. The molecule has 5 heteroatoms. The van der Waals surface area contributed by atoms with Crippen molar-refractivity contribution in [2.24, 2.45) is 0 Å². The van der Waals surface area contributed by atoms with Crippen LogP contribution in [0.15, 0.2) is 6.07 Å². The molecule has 0 aliphatic heterocycles. The molecule has 0 amide bonds. The van der Waals surface area contributed by atoms with Crippen LogP contribution >= 0.6 is 0 Å². The number of anilines is 2. The molecule has 1 rings (SSSR count). The van der Waals surface area contributed by atoms with Gasteiger partial charge in [0, 0.05) is 32.7 Å². The summed E-state index contributed by atoms with van der Waals surface area (Å²) in [5.74, 6) is 2.82. The number of nitrogens with zero attached hydrogens (tertiary/aromatic N) is 3. The van der Waals surface area contributed by atoms with Gasteiger partial charge in [-0.1, -0.05) is 13.8 Å². The molecule has 21 heavy (non-hydrogen) atoms. The number of methoxy groups -OCH3 is 1. The normalized spacial score (nSPS) is 12.2. The van der Waals surface area contributed by atoms with Gasteiger partial charge in [0.05, 0.1) is 12.6 Å². The standard InChI is InChI=1S/C16H30N4O/c1-6-9-14-18-15(17-10-7-2)11-16(19-14)20(8-3)13(4)12-21-5/h11,13H,6-10,12H2,1-5H3,(H,17,18,19). The first-order valence-corrected chi connectivity index (χ1v) is 8.03. The molecule has 5 nitrogen and oxygen atoms in total. The van der Waals surface area contributed by atoms with Gasteiger partial charge in [0.25, 0.3) is 0 Å². The van der Waals surface area contributed by atoms with Crippen molar-refractivity contribution in [2.45, 2.75) is 53.0 Å². The topological polar surface area (TPSA) is 50.3 Å². The average molecular weight is 294 g/mol. The molecular weight excluding hydrogens is 264 g/mol. The Morgan fingerprint density at radius 2 is 2.00 bits per heavy atom. The van der Waals surface area contributed by atoms with Gasteiger partial charge in [-0.05, 0) is 26.7 Å². The highest BCUT2D eigenvalue weighted by Crippen LogP contribution is 2.19. The summed E-state index contributed by atoms with van der Waals surface area (Å²) < 4.78 is 5.28. The van der Waals surface area contributed by atoms with Crippen LogP contribution in [0.3, 0.4) is 0 Å². The summed E-state index contributed by atoms with van der Waals surface area (Å²) in [7, 11) is 1.74. The molecule has 1 heterocycles. The fourth-order valence-corrected chi connectivity index (χ4v) is 2.34. The molecule has 1 aromatic rings. The van der Waals surface area contributed by atoms with Crippen molar-refractivity contribution in [3.63, 3.8) is 0 Å². The monoisotopic (exact) mass is 294 g/mol. The van der Waals surface area contributed by atoms with Gasteiger partial charge >= 0.3 is 0 Å². The van der Waals surface area contributed by atoms with Crippen LogP contribution in [0.5, 0.6) is 0 Å². The maximum Gasteiger partial charge on any atom is 0.134 e. The highest BCUT2D eigenvalue weighted by molar-refractivity contribution is 5.50. The lowest BCUT2D eigenvalue weighted by Gasteiger charge is -2.29. The molecule has 1 aromatic heterocycles. The Balaban J connectivity index is 3.03. The molecule has 1 atom stereocenters. The van der Waals surface area contributed by atoms with Crippen molar-refractivity contribution in [3.05, 3.63) is 11.9 Å². The Kier molecular flexibility index (Phi) is 8.05. The van der Waals surface area contributed by atoms with Crippen molar-refractivity contribution >= 4 is 11.6 Å². The minimum Gasteiger partial charge on any atom is -0.383 e. The van der Waals surface area contributed by atoms with Gasteiger partial charge < -0.3 is 15.0 Å². The van der Waals surface area contributed by atoms with E-state index in [4.69, 9.17) is 9.72 Å². The van der Waals surface area contributed by atoms with Crippen molar-refractivity contribution in [1.82, 2.24) is 9.97 Å². The highest BCUT2D eigenvalue weighted by Gasteiger charge is 2.16. The summed E-state index contributed by atoms with van der Waals surface area (Å²) >= 11 is 0. The number of ether oxygens (including phenoxy) is 1. The minimum absolute atomic E-state index is 0.295. The van der Waals surface area contributed by atoms with Gasteiger partial charge in [-0.25, -0.2) is 9.97 Å². The van der Waals surface area contributed by atoms with Crippen LogP contribution in [-0.2, 0) is 11.2 Å². The number of likely N-dealkylation sites (N-methyl/N-ethyl adjacent to an activating group) is 1. The van der Waals surface area contributed by atoms with Gasteiger partial charge in [0.1, 0.15) is 17.5 Å². The zero-order chi connectivity index (χ0) is 15.7. The fraction of sp³-hybridized carbons (Fsp3) is 0.750. The first-order valence-electron chi connectivity index (χ1n) is 8.03. The third-order valence-corrected chi connectivity index (χ3v) is 3.36. The Morgan fingerprint density at radius 3 is 2.57 bits per heavy atom. The third-order valence-electron chi connectivity index (χ3n) is 3.36. The van der Waals surface area contributed by atoms with E-state index in [1.807, 2.05) is 6.07 Å². The number of aryl methyl sites for hydroxylation is 1. The number of rotatable bonds is 10. The van der Waals surface area contributed by atoms with Crippen LogP contribution in [0, 0.1) is 0 Å². The summed E-state index contributed by atoms with van der Waals surface area (Å²) in [5, 5.41) is 3.37. The molecule has 0 fully saturated rings. The predicted molar refractivity (Wildman–Crippen MR) is 89.2 cm³/mol. The molecule has 0 aromatic carbocycles. The lowest BCUT2D eigenvalue weighted by molar-refractivity contribution is 0.181. The molecular formula is C16H30N4O. The minimum atomic E-state index is 0.295. The van der Waals surface area contributed by atoms with Crippen LogP contribution in [0.2, 0.25) is 0 Å². The second-order valence-corrected chi connectivity index (χ2v) is 5.29. The molecule has 0 saturated carbocycles. The van der Waals surface area contributed by atoms with E-state index in [0.29, 0.717) is 12.6 Å². The first kappa shape index (κ1) is 17.7. The second kappa shape index (κ2) is 9.55. The van der Waals surface area contributed by atoms with Crippen LogP contribution in [-0.4, -0.2) is 42.8 Å². The molecule has 0 spiro atoms. The SMILES string of the molecule is CCCNc1cc(N(CC)C(C)COC)nc(CCC)n1. The summed E-state index contributed by atoms with van der Waals surface area (Å²) in [4.78, 5) is 11.6. The lowest BCUT2D eigenvalue weighted by Crippen LogP contribution is -2.37. The van der Waals surface area contributed by atoms with Crippen LogP contribution < -0.4 is 10.2 Å². The molecule has 0 bridgehead atoms. The number of hydrogen-bond donors (Lipinski definition) is 1. The predicted octanol–water partition coefficient (Wildman–Crippen LogP) is 3.11. The quantitative estimate of drug-likeness (QED) is 0.718. The molecule has 0 aliphatic carbocycles.